The summed E-state index contributed by atoms with van der Waals surface area (Å²) < 4.78 is 15.6. The summed E-state index contributed by atoms with van der Waals surface area (Å²) in [4.78, 5) is 11.2. The molecule has 1 aromatic heterocycles. The Morgan fingerprint density at radius 3 is 2.80 bits per heavy atom. The van der Waals surface area contributed by atoms with Crippen molar-refractivity contribution in [1.82, 2.24) is 9.78 Å². The first-order valence-electron chi connectivity index (χ1n) is 7.05. The fourth-order valence-corrected chi connectivity index (χ4v) is 3.10. The van der Waals surface area contributed by atoms with Crippen LogP contribution in [0, 0.1) is 11.7 Å². The number of rotatable bonds is 3. The van der Waals surface area contributed by atoms with Crippen LogP contribution in [-0.2, 0) is 6.54 Å². The normalized spacial score (nSPS) is 16.6. The fraction of sp³-hybridized carbons (Fsp3) is 0.467. The minimum absolute atomic E-state index is 0.0599. The smallest absolute Gasteiger partial charge is 0.357 e. The highest BCUT2D eigenvalue weighted by Crippen LogP contribution is 2.28. The molecule has 1 fully saturated rings. The topological polar surface area (TPSA) is 55.1 Å². The molecule has 3 rings (SSSR count). The molecule has 106 valence electrons. The molecular formula is C15H17FN2O2. The van der Waals surface area contributed by atoms with E-state index in [-0.39, 0.29) is 5.69 Å². The number of aromatic carboxylic acids is 1. The molecule has 0 amide bonds. The van der Waals surface area contributed by atoms with E-state index in [0.29, 0.717) is 23.4 Å². The van der Waals surface area contributed by atoms with Crippen molar-refractivity contribution in [2.75, 3.05) is 0 Å². The van der Waals surface area contributed by atoms with E-state index in [9.17, 15) is 14.3 Å². The number of hydrogen-bond acceptors (Lipinski definition) is 2. The molecule has 0 saturated heterocycles. The van der Waals surface area contributed by atoms with Crippen LogP contribution in [0.15, 0.2) is 18.2 Å². The molecule has 1 saturated carbocycles. The van der Waals surface area contributed by atoms with Gasteiger partial charge < -0.3 is 5.11 Å². The number of nitrogens with zero attached hydrogens (tertiary/aromatic N) is 2. The average molecular weight is 276 g/mol. The zero-order valence-corrected chi connectivity index (χ0v) is 11.2. The van der Waals surface area contributed by atoms with Crippen molar-refractivity contribution < 1.29 is 14.3 Å². The molecule has 0 radical (unpaired) electrons. The first-order valence-corrected chi connectivity index (χ1v) is 7.05. The fourth-order valence-electron chi connectivity index (χ4n) is 3.10. The number of benzene rings is 1. The van der Waals surface area contributed by atoms with Gasteiger partial charge in [-0.3, -0.25) is 4.68 Å². The minimum atomic E-state index is -1.11. The molecule has 20 heavy (non-hydrogen) atoms. The van der Waals surface area contributed by atoms with Gasteiger partial charge in [-0.2, -0.15) is 5.10 Å². The van der Waals surface area contributed by atoms with Crippen molar-refractivity contribution in [2.45, 2.75) is 38.6 Å². The van der Waals surface area contributed by atoms with Gasteiger partial charge >= 0.3 is 5.97 Å². The Bertz CT molecular complexity index is 645. The molecule has 1 aliphatic rings. The summed E-state index contributed by atoms with van der Waals surface area (Å²) in [6.07, 6.45) is 5.86. The van der Waals surface area contributed by atoms with Gasteiger partial charge in [0.1, 0.15) is 11.3 Å². The molecule has 1 N–H and O–H groups in total. The van der Waals surface area contributed by atoms with Gasteiger partial charge in [-0.15, -0.1) is 0 Å². The minimum Gasteiger partial charge on any atom is -0.476 e. The van der Waals surface area contributed by atoms with Gasteiger partial charge in [0.15, 0.2) is 5.69 Å². The first kappa shape index (κ1) is 13.1. The molecule has 0 bridgehead atoms. The Morgan fingerprint density at radius 1 is 1.35 bits per heavy atom. The molecule has 1 aromatic carbocycles. The van der Waals surface area contributed by atoms with E-state index in [4.69, 9.17) is 0 Å². The number of carbonyl (C=O) groups is 1. The van der Waals surface area contributed by atoms with Gasteiger partial charge in [0.25, 0.3) is 0 Å². The molecule has 4 nitrogen and oxygen atoms in total. The van der Waals surface area contributed by atoms with Crippen molar-refractivity contribution in [3.8, 4) is 0 Å². The Kier molecular flexibility index (Phi) is 3.42. The van der Waals surface area contributed by atoms with E-state index in [2.05, 4.69) is 5.10 Å². The molecule has 0 spiro atoms. The number of carboxylic acids is 1. The Hall–Kier alpha value is -1.91. The number of carboxylic acid groups (broad SMARTS) is 1. The summed E-state index contributed by atoms with van der Waals surface area (Å²) >= 11 is 0. The predicted octanol–water partition coefficient (Wildman–Crippen LogP) is 3.45. The van der Waals surface area contributed by atoms with Crippen LogP contribution in [0.25, 0.3) is 10.9 Å². The highest BCUT2D eigenvalue weighted by molar-refractivity contribution is 6.01. The Morgan fingerprint density at radius 2 is 2.10 bits per heavy atom. The van der Waals surface area contributed by atoms with E-state index in [1.165, 1.54) is 31.4 Å². The van der Waals surface area contributed by atoms with Crippen LogP contribution < -0.4 is 0 Å². The van der Waals surface area contributed by atoms with Crippen LogP contribution >= 0.6 is 0 Å². The van der Waals surface area contributed by atoms with E-state index in [1.54, 1.807) is 10.7 Å². The van der Waals surface area contributed by atoms with Crippen LogP contribution in [-0.4, -0.2) is 20.9 Å². The Balaban J connectivity index is 2.03. The van der Waals surface area contributed by atoms with Crippen molar-refractivity contribution >= 4 is 16.9 Å². The third-order valence-corrected chi connectivity index (χ3v) is 4.08. The van der Waals surface area contributed by atoms with Crippen molar-refractivity contribution in [3.63, 3.8) is 0 Å². The Labute approximate surface area is 116 Å². The highest BCUT2D eigenvalue weighted by atomic mass is 19.1. The zero-order chi connectivity index (χ0) is 14.1. The summed E-state index contributed by atoms with van der Waals surface area (Å²) in [5.74, 6) is -1.05. The quantitative estimate of drug-likeness (QED) is 0.934. The third kappa shape index (κ3) is 2.28. The molecular weight excluding hydrogens is 259 g/mol. The SMILES string of the molecule is O=C(O)c1nn(CC2CCCCC2)c2c(F)cccc12. The first-order chi connectivity index (χ1) is 9.66. The lowest BCUT2D eigenvalue weighted by molar-refractivity contribution is 0.0691. The monoisotopic (exact) mass is 276 g/mol. The number of para-hydroxylation sites is 1. The maximum absolute atomic E-state index is 14.0. The predicted molar refractivity (Wildman–Crippen MR) is 73.2 cm³/mol. The summed E-state index contributed by atoms with van der Waals surface area (Å²) in [5, 5.41) is 13.7. The number of fused-ring (bicyclic) bond motifs is 1. The lowest BCUT2D eigenvalue weighted by Gasteiger charge is -2.21. The van der Waals surface area contributed by atoms with Crippen LogP contribution in [0.2, 0.25) is 0 Å². The lowest BCUT2D eigenvalue weighted by Crippen LogP contribution is -2.15. The average Bonchev–Trinajstić information content (AvgIpc) is 2.80. The molecule has 2 aromatic rings. The number of hydrogen-bond donors (Lipinski definition) is 1. The largest absolute Gasteiger partial charge is 0.476 e. The van der Waals surface area contributed by atoms with Crippen LogP contribution in [0.5, 0.6) is 0 Å². The standard InChI is InChI=1S/C15H17FN2O2/c16-12-8-4-7-11-13(15(19)20)17-18(14(11)12)9-10-5-2-1-3-6-10/h4,7-8,10H,1-3,5-6,9H2,(H,19,20). The third-order valence-electron chi connectivity index (χ3n) is 4.08. The van der Waals surface area contributed by atoms with Crippen LogP contribution in [0.4, 0.5) is 4.39 Å². The van der Waals surface area contributed by atoms with Gasteiger partial charge in [-0.05, 0) is 24.8 Å². The second-order valence-electron chi connectivity index (χ2n) is 5.48. The molecule has 0 unspecified atom stereocenters. The molecule has 5 heteroatoms. The van der Waals surface area contributed by atoms with E-state index in [0.717, 1.165) is 12.8 Å². The van der Waals surface area contributed by atoms with E-state index < -0.39 is 11.8 Å². The van der Waals surface area contributed by atoms with Gasteiger partial charge in [0, 0.05) is 11.9 Å². The lowest BCUT2D eigenvalue weighted by atomic mass is 9.89. The summed E-state index contributed by atoms with van der Waals surface area (Å²) in [7, 11) is 0. The molecule has 1 aliphatic carbocycles. The molecule has 1 heterocycles. The number of aromatic nitrogens is 2. The molecule has 0 aliphatic heterocycles. The zero-order valence-electron chi connectivity index (χ0n) is 11.2. The maximum Gasteiger partial charge on any atom is 0.357 e. The van der Waals surface area contributed by atoms with Crippen LogP contribution in [0.1, 0.15) is 42.6 Å². The van der Waals surface area contributed by atoms with E-state index in [1.807, 2.05) is 0 Å². The van der Waals surface area contributed by atoms with Crippen molar-refractivity contribution in [1.29, 1.82) is 0 Å². The second-order valence-corrected chi connectivity index (χ2v) is 5.48. The second kappa shape index (κ2) is 5.23. The van der Waals surface area contributed by atoms with Gasteiger partial charge in [-0.25, -0.2) is 9.18 Å². The van der Waals surface area contributed by atoms with E-state index >= 15 is 0 Å². The van der Waals surface area contributed by atoms with Gasteiger partial charge in [0.2, 0.25) is 0 Å². The summed E-state index contributed by atoms with van der Waals surface area (Å²) in [6.45, 7) is 0.602. The van der Waals surface area contributed by atoms with Crippen LogP contribution in [0.3, 0.4) is 0 Å². The number of halogens is 1. The van der Waals surface area contributed by atoms with Gasteiger partial charge in [-0.1, -0.05) is 31.4 Å². The van der Waals surface area contributed by atoms with Gasteiger partial charge in [0.05, 0.1) is 0 Å². The maximum atomic E-state index is 14.0. The summed E-state index contributed by atoms with van der Waals surface area (Å²) in [5.41, 5.74) is 0.255. The van der Waals surface area contributed by atoms with Crippen molar-refractivity contribution in [3.05, 3.63) is 29.7 Å². The summed E-state index contributed by atoms with van der Waals surface area (Å²) in [6, 6.07) is 4.50. The molecule has 0 atom stereocenters. The van der Waals surface area contributed by atoms with Crippen molar-refractivity contribution in [2.24, 2.45) is 5.92 Å². The highest BCUT2D eigenvalue weighted by Gasteiger charge is 2.21.